The molecule has 0 amide bonds. The van der Waals surface area contributed by atoms with E-state index in [1.165, 1.54) is 0 Å². The quantitative estimate of drug-likeness (QED) is 0.826. The maximum atomic E-state index is 10.8. The number of phenols is 1. The van der Waals surface area contributed by atoms with Crippen LogP contribution in [0.5, 0.6) is 5.75 Å². The monoisotopic (exact) mass is 240 g/mol. The summed E-state index contributed by atoms with van der Waals surface area (Å²) >= 11 is 0. The van der Waals surface area contributed by atoms with Gasteiger partial charge in [-0.3, -0.25) is 4.79 Å². The summed E-state index contributed by atoms with van der Waals surface area (Å²) in [5.74, 6) is 0.363. The number of carbonyl (C=O) groups is 1. The van der Waals surface area contributed by atoms with E-state index >= 15 is 0 Å². The van der Waals surface area contributed by atoms with Crippen molar-refractivity contribution in [3.63, 3.8) is 0 Å². The Labute approximate surface area is 107 Å². The van der Waals surface area contributed by atoms with E-state index < -0.39 is 0 Å². The fourth-order valence-corrected chi connectivity index (χ4v) is 2.25. The Balaban J connectivity index is 2.48. The zero-order chi connectivity index (χ0) is 13.0. The van der Waals surface area contributed by atoms with Crippen LogP contribution >= 0.6 is 0 Å². The largest absolute Gasteiger partial charge is 0.508 e. The average Bonchev–Trinajstić information content (AvgIpc) is 2.43. The maximum absolute atomic E-state index is 10.8. The molecule has 0 heterocycles. The van der Waals surface area contributed by atoms with Crippen LogP contribution in [0.3, 0.4) is 0 Å². The highest BCUT2D eigenvalue weighted by Gasteiger charge is 2.16. The van der Waals surface area contributed by atoms with E-state index in [9.17, 15) is 9.90 Å². The van der Waals surface area contributed by atoms with Crippen molar-refractivity contribution in [3.8, 4) is 5.75 Å². The van der Waals surface area contributed by atoms with E-state index in [1.54, 1.807) is 18.2 Å². The molecule has 2 nitrogen and oxygen atoms in total. The number of phenolic OH excluding ortho intramolecular Hbond substituents is 1. The molecule has 2 heteroatoms. The molecule has 1 unspecified atom stereocenters. The summed E-state index contributed by atoms with van der Waals surface area (Å²) in [6.07, 6.45) is 1.68. The summed E-state index contributed by atoms with van der Waals surface area (Å²) in [6, 6.07) is 15.0. The lowest BCUT2D eigenvalue weighted by atomic mass is 9.88. The lowest BCUT2D eigenvalue weighted by Gasteiger charge is -2.17. The minimum absolute atomic E-state index is 0.117. The first-order chi connectivity index (χ1) is 8.76. The molecular weight excluding hydrogens is 224 g/mol. The molecular formula is C16H16O2. The van der Waals surface area contributed by atoms with E-state index in [-0.39, 0.29) is 11.7 Å². The first kappa shape index (κ1) is 12.4. The van der Waals surface area contributed by atoms with E-state index in [0.29, 0.717) is 5.56 Å². The third-order valence-corrected chi connectivity index (χ3v) is 3.17. The van der Waals surface area contributed by atoms with Gasteiger partial charge >= 0.3 is 0 Å². The van der Waals surface area contributed by atoms with Crippen molar-refractivity contribution in [1.29, 1.82) is 0 Å². The molecule has 2 rings (SSSR count). The van der Waals surface area contributed by atoms with Gasteiger partial charge in [0.2, 0.25) is 0 Å². The minimum Gasteiger partial charge on any atom is -0.508 e. The average molecular weight is 240 g/mol. The van der Waals surface area contributed by atoms with Gasteiger partial charge < -0.3 is 5.11 Å². The van der Waals surface area contributed by atoms with Crippen LogP contribution in [0.25, 0.3) is 0 Å². The third-order valence-electron chi connectivity index (χ3n) is 3.17. The standard InChI is InChI=1S/C16H16O2/c1-2-14(13-6-4-3-5-7-13)15-10-12(11-17)8-9-16(15)18/h3-11,14,18H,2H2,1H3. The van der Waals surface area contributed by atoms with Gasteiger partial charge in [0.1, 0.15) is 12.0 Å². The number of aldehydes is 1. The van der Waals surface area contributed by atoms with Gasteiger partial charge in [-0.1, -0.05) is 37.3 Å². The van der Waals surface area contributed by atoms with Crippen LogP contribution < -0.4 is 0 Å². The minimum atomic E-state index is 0.117. The Morgan fingerprint density at radius 3 is 2.50 bits per heavy atom. The summed E-state index contributed by atoms with van der Waals surface area (Å²) in [5, 5.41) is 9.98. The van der Waals surface area contributed by atoms with Gasteiger partial charge in [-0.05, 0) is 30.2 Å². The normalized spacial score (nSPS) is 12.1. The fourth-order valence-electron chi connectivity index (χ4n) is 2.25. The molecule has 18 heavy (non-hydrogen) atoms. The molecule has 0 aliphatic heterocycles. The van der Waals surface area contributed by atoms with Gasteiger partial charge in [0.05, 0.1) is 0 Å². The summed E-state index contributed by atoms with van der Waals surface area (Å²) in [5.41, 5.74) is 2.56. The summed E-state index contributed by atoms with van der Waals surface area (Å²) < 4.78 is 0. The molecule has 0 spiro atoms. The number of hydrogen-bond donors (Lipinski definition) is 1. The Kier molecular flexibility index (Phi) is 3.78. The van der Waals surface area contributed by atoms with Gasteiger partial charge in [0.15, 0.2) is 0 Å². The number of carbonyl (C=O) groups excluding carboxylic acids is 1. The Bertz CT molecular complexity index is 532. The Morgan fingerprint density at radius 1 is 1.17 bits per heavy atom. The molecule has 0 saturated carbocycles. The van der Waals surface area contributed by atoms with E-state index in [0.717, 1.165) is 23.8 Å². The second kappa shape index (κ2) is 5.50. The lowest BCUT2D eigenvalue weighted by Crippen LogP contribution is -2.01. The van der Waals surface area contributed by atoms with Crippen LogP contribution in [0.2, 0.25) is 0 Å². The van der Waals surface area contributed by atoms with Crippen molar-refractivity contribution in [2.45, 2.75) is 19.3 Å². The van der Waals surface area contributed by atoms with Gasteiger partial charge in [-0.15, -0.1) is 0 Å². The molecule has 0 bridgehead atoms. The molecule has 92 valence electrons. The van der Waals surface area contributed by atoms with Crippen LogP contribution in [0.4, 0.5) is 0 Å². The van der Waals surface area contributed by atoms with Crippen LogP contribution in [0.15, 0.2) is 48.5 Å². The molecule has 0 aromatic heterocycles. The third kappa shape index (κ3) is 2.43. The Morgan fingerprint density at radius 2 is 1.89 bits per heavy atom. The van der Waals surface area contributed by atoms with E-state index in [4.69, 9.17) is 0 Å². The molecule has 2 aromatic carbocycles. The van der Waals surface area contributed by atoms with E-state index in [1.807, 2.05) is 30.3 Å². The van der Waals surface area contributed by atoms with Crippen LogP contribution in [0, 0.1) is 0 Å². The topological polar surface area (TPSA) is 37.3 Å². The van der Waals surface area contributed by atoms with Gasteiger partial charge in [0, 0.05) is 17.0 Å². The van der Waals surface area contributed by atoms with Gasteiger partial charge in [-0.25, -0.2) is 0 Å². The van der Waals surface area contributed by atoms with Crippen molar-refractivity contribution in [2.24, 2.45) is 0 Å². The molecule has 0 aliphatic rings. The maximum Gasteiger partial charge on any atom is 0.150 e. The Hall–Kier alpha value is -2.09. The summed E-state index contributed by atoms with van der Waals surface area (Å²) in [4.78, 5) is 10.8. The fraction of sp³-hybridized carbons (Fsp3) is 0.188. The van der Waals surface area contributed by atoms with Crippen molar-refractivity contribution in [3.05, 3.63) is 65.2 Å². The van der Waals surface area contributed by atoms with Gasteiger partial charge in [-0.2, -0.15) is 0 Å². The number of rotatable bonds is 4. The second-order valence-corrected chi connectivity index (χ2v) is 4.31. The molecule has 0 fully saturated rings. The predicted octanol–water partition coefficient (Wildman–Crippen LogP) is 3.75. The molecule has 0 aliphatic carbocycles. The molecule has 1 N–H and O–H groups in total. The van der Waals surface area contributed by atoms with Crippen molar-refractivity contribution >= 4 is 6.29 Å². The summed E-state index contributed by atoms with van der Waals surface area (Å²) in [6.45, 7) is 2.07. The van der Waals surface area contributed by atoms with Gasteiger partial charge in [0.25, 0.3) is 0 Å². The molecule has 1 atom stereocenters. The molecule has 0 saturated heterocycles. The number of hydrogen-bond acceptors (Lipinski definition) is 2. The number of aromatic hydroxyl groups is 1. The zero-order valence-corrected chi connectivity index (χ0v) is 10.3. The highest BCUT2D eigenvalue weighted by molar-refractivity contribution is 5.75. The lowest BCUT2D eigenvalue weighted by molar-refractivity contribution is 0.112. The zero-order valence-electron chi connectivity index (χ0n) is 10.3. The summed E-state index contributed by atoms with van der Waals surface area (Å²) in [7, 11) is 0. The number of benzene rings is 2. The van der Waals surface area contributed by atoms with Crippen molar-refractivity contribution in [2.75, 3.05) is 0 Å². The predicted molar refractivity (Wildman–Crippen MR) is 72.1 cm³/mol. The molecule has 0 radical (unpaired) electrons. The van der Waals surface area contributed by atoms with Crippen molar-refractivity contribution < 1.29 is 9.90 Å². The highest BCUT2D eigenvalue weighted by Crippen LogP contribution is 2.33. The second-order valence-electron chi connectivity index (χ2n) is 4.31. The molecule has 2 aromatic rings. The smallest absolute Gasteiger partial charge is 0.150 e. The first-order valence-corrected chi connectivity index (χ1v) is 6.09. The van der Waals surface area contributed by atoms with Crippen LogP contribution in [0.1, 0.15) is 40.7 Å². The first-order valence-electron chi connectivity index (χ1n) is 6.09. The SMILES string of the molecule is CCC(c1ccccc1)c1cc(C=O)ccc1O. The highest BCUT2D eigenvalue weighted by atomic mass is 16.3. The van der Waals surface area contributed by atoms with Crippen LogP contribution in [-0.2, 0) is 0 Å². The van der Waals surface area contributed by atoms with Crippen LogP contribution in [-0.4, -0.2) is 11.4 Å². The van der Waals surface area contributed by atoms with Crippen molar-refractivity contribution in [1.82, 2.24) is 0 Å². The van der Waals surface area contributed by atoms with E-state index in [2.05, 4.69) is 6.92 Å².